The van der Waals surface area contributed by atoms with Crippen LogP contribution < -0.4 is 5.32 Å². The van der Waals surface area contributed by atoms with Crippen molar-refractivity contribution in [2.45, 2.75) is 18.4 Å². The van der Waals surface area contributed by atoms with Crippen LogP contribution in [0.2, 0.25) is 0 Å². The number of hydrogen-bond acceptors (Lipinski definition) is 6. The molecule has 112 valence electrons. The molecule has 1 rings (SSSR count). The van der Waals surface area contributed by atoms with E-state index in [-0.39, 0.29) is 5.97 Å². The second-order valence-electron chi connectivity index (χ2n) is 4.64. The van der Waals surface area contributed by atoms with E-state index in [1.54, 1.807) is 14.2 Å². The van der Waals surface area contributed by atoms with Crippen molar-refractivity contribution in [3.05, 3.63) is 0 Å². The van der Waals surface area contributed by atoms with Gasteiger partial charge in [-0.05, 0) is 25.8 Å². The van der Waals surface area contributed by atoms with Crippen LogP contribution in [0.25, 0.3) is 0 Å². The van der Waals surface area contributed by atoms with Crippen LogP contribution in [0.4, 0.5) is 0 Å². The molecule has 0 aliphatic heterocycles. The minimum atomic E-state index is -0.707. The molecule has 0 amide bonds. The lowest BCUT2D eigenvalue weighted by Crippen LogP contribution is -2.56. The maximum atomic E-state index is 11.9. The number of methoxy groups -OCH3 is 2. The van der Waals surface area contributed by atoms with Crippen molar-refractivity contribution < 1.29 is 23.7 Å². The van der Waals surface area contributed by atoms with Crippen molar-refractivity contribution in [1.29, 1.82) is 0 Å². The normalized spacial score (nSPS) is 18.1. The highest BCUT2D eigenvalue weighted by Crippen LogP contribution is 2.40. The van der Waals surface area contributed by atoms with Crippen LogP contribution in [-0.4, -0.2) is 65.8 Å². The molecule has 1 aliphatic rings. The zero-order chi connectivity index (χ0) is 14.1. The fraction of sp³-hybridized carbons (Fsp3) is 0.923. The fourth-order valence-corrected chi connectivity index (χ4v) is 2.08. The minimum absolute atomic E-state index is 0.252. The van der Waals surface area contributed by atoms with Gasteiger partial charge >= 0.3 is 5.97 Å². The summed E-state index contributed by atoms with van der Waals surface area (Å²) in [6.07, 6.45) is 2.06. The molecule has 1 atom stereocenters. The molecule has 0 spiro atoms. The maximum Gasteiger partial charge on any atom is 0.328 e. The summed E-state index contributed by atoms with van der Waals surface area (Å²) in [7, 11) is 4.81. The Morgan fingerprint density at radius 2 is 1.79 bits per heavy atom. The van der Waals surface area contributed by atoms with Gasteiger partial charge in [-0.1, -0.05) is 0 Å². The fourth-order valence-electron chi connectivity index (χ4n) is 2.08. The van der Waals surface area contributed by atoms with E-state index in [2.05, 4.69) is 5.32 Å². The van der Waals surface area contributed by atoms with Gasteiger partial charge in [-0.3, -0.25) is 0 Å². The third kappa shape index (κ3) is 4.72. The molecule has 1 N–H and O–H groups in total. The van der Waals surface area contributed by atoms with Gasteiger partial charge in [0.15, 0.2) is 0 Å². The standard InChI is InChI=1S/C13H25NO5/c1-14-13(11-4-5-11,12(15)17-3)10-19-9-8-18-7-6-16-2/h11,14H,4-10H2,1-3H3. The molecule has 1 fully saturated rings. The van der Waals surface area contributed by atoms with Gasteiger partial charge in [-0.15, -0.1) is 0 Å². The molecule has 0 saturated heterocycles. The zero-order valence-electron chi connectivity index (χ0n) is 12.1. The summed E-state index contributed by atoms with van der Waals surface area (Å²) in [5.74, 6) is 0.0529. The lowest BCUT2D eigenvalue weighted by molar-refractivity contribution is -0.153. The van der Waals surface area contributed by atoms with Crippen molar-refractivity contribution >= 4 is 5.97 Å². The molecule has 0 bridgehead atoms. The maximum absolute atomic E-state index is 11.9. The van der Waals surface area contributed by atoms with Crippen molar-refractivity contribution in [3.8, 4) is 0 Å². The Morgan fingerprint density at radius 3 is 2.32 bits per heavy atom. The molecule has 0 radical (unpaired) electrons. The van der Waals surface area contributed by atoms with E-state index >= 15 is 0 Å². The smallest absolute Gasteiger partial charge is 0.328 e. The molecule has 1 saturated carbocycles. The van der Waals surface area contributed by atoms with Crippen LogP contribution in [0.5, 0.6) is 0 Å². The molecule has 0 aromatic carbocycles. The highest BCUT2D eigenvalue weighted by molar-refractivity contribution is 5.82. The molecule has 6 nitrogen and oxygen atoms in total. The summed E-state index contributed by atoms with van der Waals surface area (Å²) >= 11 is 0. The van der Waals surface area contributed by atoms with Crippen LogP contribution >= 0.6 is 0 Å². The molecule has 6 heteroatoms. The largest absolute Gasteiger partial charge is 0.468 e. The van der Waals surface area contributed by atoms with E-state index < -0.39 is 5.54 Å². The SMILES string of the molecule is CNC(COCCOCCOC)(C(=O)OC)C1CC1. The molecular formula is C13H25NO5. The summed E-state index contributed by atoms with van der Waals surface area (Å²) in [5, 5.41) is 3.08. The Balaban J connectivity index is 2.27. The van der Waals surface area contributed by atoms with E-state index in [0.29, 0.717) is 39.0 Å². The molecule has 0 aromatic heterocycles. The second kappa shape index (κ2) is 8.47. The summed E-state index contributed by atoms with van der Waals surface area (Å²) in [5.41, 5.74) is -0.707. The van der Waals surface area contributed by atoms with E-state index in [1.807, 2.05) is 0 Å². The highest BCUT2D eigenvalue weighted by atomic mass is 16.5. The number of hydrogen-bond donors (Lipinski definition) is 1. The first-order valence-electron chi connectivity index (χ1n) is 6.63. The van der Waals surface area contributed by atoms with Crippen molar-refractivity contribution in [2.24, 2.45) is 5.92 Å². The number of carbonyl (C=O) groups excluding carboxylic acids is 1. The molecule has 1 unspecified atom stereocenters. The van der Waals surface area contributed by atoms with Crippen LogP contribution in [0.3, 0.4) is 0 Å². The third-order valence-corrected chi connectivity index (χ3v) is 3.40. The molecule has 1 aliphatic carbocycles. The summed E-state index contributed by atoms with van der Waals surface area (Å²) in [6.45, 7) is 2.39. The molecule has 19 heavy (non-hydrogen) atoms. The van der Waals surface area contributed by atoms with Crippen molar-refractivity contribution in [1.82, 2.24) is 5.32 Å². The van der Waals surface area contributed by atoms with Gasteiger partial charge in [-0.25, -0.2) is 4.79 Å². The number of carbonyl (C=O) groups is 1. The van der Waals surface area contributed by atoms with Gasteiger partial charge in [0.05, 0.1) is 40.1 Å². The summed E-state index contributed by atoms with van der Waals surface area (Å²) in [4.78, 5) is 11.9. The summed E-state index contributed by atoms with van der Waals surface area (Å²) in [6, 6.07) is 0. The molecular weight excluding hydrogens is 250 g/mol. The van der Waals surface area contributed by atoms with E-state index in [1.165, 1.54) is 7.11 Å². The van der Waals surface area contributed by atoms with Gasteiger partial charge < -0.3 is 24.3 Å². The van der Waals surface area contributed by atoms with Crippen molar-refractivity contribution in [3.63, 3.8) is 0 Å². The first-order chi connectivity index (χ1) is 9.21. The van der Waals surface area contributed by atoms with Crippen LogP contribution in [0.1, 0.15) is 12.8 Å². The quantitative estimate of drug-likeness (QED) is 0.429. The van der Waals surface area contributed by atoms with Crippen LogP contribution in [0.15, 0.2) is 0 Å². The predicted octanol–water partition coefficient (Wildman–Crippen LogP) is 0.207. The third-order valence-electron chi connectivity index (χ3n) is 3.40. The predicted molar refractivity (Wildman–Crippen MR) is 70.0 cm³/mol. The Labute approximate surface area is 114 Å². The topological polar surface area (TPSA) is 66.0 Å². The monoisotopic (exact) mass is 275 g/mol. The van der Waals surface area contributed by atoms with E-state index in [4.69, 9.17) is 18.9 Å². The number of nitrogens with one attached hydrogen (secondary N) is 1. The highest BCUT2D eigenvalue weighted by Gasteiger charge is 2.51. The minimum Gasteiger partial charge on any atom is -0.468 e. The van der Waals surface area contributed by atoms with Gasteiger partial charge in [0.2, 0.25) is 0 Å². The van der Waals surface area contributed by atoms with Gasteiger partial charge in [-0.2, -0.15) is 0 Å². The Bertz CT molecular complexity index is 270. The number of likely N-dealkylation sites (N-methyl/N-ethyl adjacent to an activating group) is 1. The molecule has 0 heterocycles. The Morgan fingerprint density at radius 1 is 1.16 bits per heavy atom. The molecule has 0 aromatic rings. The summed E-state index contributed by atoms with van der Waals surface area (Å²) < 4.78 is 20.6. The first-order valence-corrected chi connectivity index (χ1v) is 6.63. The Hall–Kier alpha value is -0.690. The average molecular weight is 275 g/mol. The van der Waals surface area contributed by atoms with E-state index in [9.17, 15) is 4.79 Å². The van der Waals surface area contributed by atoms with Crippen LogP contribution in [0, 0.1) is 5.92 Å². The van der Waals surface area contributed by atoms with Gasteiger partial charge in [0, 0.05) is 7.11 Å². The van der Waals surface area contributed by atoms with E-state index in [0.717, 1.165) is 12.8 Å². The number of rotatable bonds is 11. The lowest BCUT2D eigenvalue weighted by Gasteiger charge is -2.30. The second-order valence-corrected chi connectivity index (χ2v) is 4.64. The lowest BCUT2D eigenvalue weighted by atomic mass is 9.94. The van der Waals surface area contributed by atoms with Crippen LogP contribution in [-0.2, 0) is 23.7 Å². The zero-order valence-corrected chi connectivity index (χ0v) is 12.1. The number of ether oxygens (including phenoxy) is 4. The van der Waals surface area contributed by atoms with Crippen molar-refractivity contribution in [2.75, 3.05) is 54.3 Å². The Kier molecular flexibility index (Phi) is 7.30. The van der Waals surface area contributed by atoms with Gasteiger partial charge in [0.1, 0.15) is 5.54 Å². The average Bonchev–Trinajstić information content (AvgIpc) is 3.26. The number of esters is 1. The van der Waals surface area contributed by atoms with Gasteiger partial charge in [0.25, 0.3) is 0 Å². The first kappa shape index (κ1) is 16.4.